The van der Waals surface area contributed by atoms with E-state index in [0.29, 0.717) is 30.2 Å². The van der Waals surface area contributed by atoms with Crippen LogP contribution >= 0.6 is 0 Å². The summed E-state index contributed by atoms with van der Waals surface area (Å²) in [5.74, 6) is 1.08. The number of nitrogens with zero attached hydrogens (tertiary/aromatic N) is 2. The molecule has 156 valence electrons. The highest BCUT2D eigenvalue weighted by atomic mass is 16.5. The van der Waals surface area contributed by atoms with Crippen LogP contribution in [-0.2, 0) is 6.61 Å². The van der Waals surface area contributed by atoms with E-state index in [1.165, 1.54) is 0 Å². The van der Waals surface area contributed by atoms with E-state index in [4.69, 9.17) is 9.47 Å². The summed E-state index contributed by atoms with van der Waals surface area (Å²) in [6.45, 7) is 2.64. The molecule has 1 aromatic heterocycles. The van der Waals surface area contributed by atoms with E-state index in [2.05, 4.69) is 10.3 Å². The van der Waals surface area contributed by atoms with Crippen LogP contribution in [0, 0.1) is 0 Å². The van der Waals surface area contributed by atoms with Crippen molar-refractivity contribution in [3.63, 3.8) is 0 Å². The van der Waals surface area contributed by atoms with Crippen LogP contribution in [0.25, 0.3) is 10.9 Å². The summed E-state index contributed by atoms with van der Waals surface area (Å²) in [5, 5.41) is 13.8. The number of amides is 2. The van der Waals surface area contributed by atoms with Crippen molar-refractivity contribution in [2.24, 2.45) is 0 Å². The molecule has 30 heavy (non-hydrogen) atoms. The van der Waals surface area contributed by atoms with Crippen LogP contribution in [-0.4, -0.2) is 46.8 Å². The van der Waals surface area contributed by atoms with Gasteiger partial charge in [-0.25, -0.2) is 9.78 Å². The van der Waals surface area contributed by atoms with Gasteiger partial charge in [-0.1, -0.05) is 24.3 Å². The minimum Gasteiger partial charge on any atom is -0.493 e. The first-order chi connectivity index (χ1) is 14.5. The number of carbonyl (C=O) groups is 1. The quantitative estimate of drug-likeness (QED) is 0.672. The Balaban J connectivity index is 1.47. The molecule has 3 aromatic rings. The average Bonchev–Trinajstić information content (AvgIpc) is 3.10. The molecule has 0 radical (unpaired) electrons. The largest absolute Gasteiger partial charge is 0.493 e. The number of carbonyl (C=O) groups excluding carboxylic acids is 1. The highest BCUT2D eigenvalue weighted by Gasteiger charge is 2.32. The smallest absolute Gasteiger partial charge is 0.322 e. The van der Waals surface area contributed by atoms with Crippen LogP contribution in [0.4, 0.5) is 10.5 Å². The van der Waals surface area contributed by atoms with Crippen molar-refractivity contribution >= 4 is 22.6 Å². The van der Waals surface area contributed by atoms with Gasteiger partial charge in [0.05, 0.1) is 30.5 Å². The number of aliphatic hydroxyl groups excluding tert-OH is 1. The zero-order valence-corrected chi connectivity index (χ0v) is 17.0. The van der Waals surface area contributed by atoms with Crippen LogP contribution < -0.4 is 14.8 Å². The Morgan fingerprint density at radius 3 is 2.80 bits per heavy atom. The third-order valence-corrected chi connectivity index (χ3v) is 5.42. The van der Waals surface area contributed by atoms with Gasteiger partial charge in [-0.3, -0.25) is 0 Å². The maximum atomic E-state index is 12.6. The molecule has 7 nitrogen and oxygen atoms in total. The van der Waals surface area contributed by atoms with Crippen LogP contribution in [0.3, 0.4) is 0 Å². The van der Waals surface area contributed by atoms with Crippen LogP contribution in [0.2, 0.25) is 0 Å². The van der Waals surface area contributed by atoms with Gasteiger partial charge in [-0.05, 0) is 37.6 Å². The van der Waals surface area contributed by atoms with Gasteiger partial charge in [0.1, 0.15) is 6.61 Å². The summed E-state index contributed by atoms with van der Waals surface area (Å²) in [7, 11) is 1.57. The van der Waals surface area contributed by atoms with Gasteiger partial charge in [0, 0.05) is 23.7 Å². The Kier molecular flexibility index (Phi) is 5.72. The summed E-state index contributed by atoms with van der Waals surface area (Å²) >= 11 is 0. The lowest BCUT2D eigenvalue weighted by Crippen LogP contribution is -2.40. The lowest BCUT2D eigenvalue weighted by atomic mass is 10.2. The summed E-state index contributed by atoms with van der Waals surface area (Å²) in [5.41, 5.74) is 2.30. The Hall–Kier alpha value is -3.32. The average molecular weight is 407 g/mol. The molecule has 2 N–H and O–H groups in total. The molecular weight excluding hydrogens is 382 g/mol. The summed E-state index contributed by atoms with van der Waals surface area (Å²) in [6.07, 6.45) is 0.101. The SMILES string of the molecule is COc1ccc(NC(=O)N2CC[C@@H](O)[C@H]2C)cc1OCc1ccc2ccccc2n1. The van der Waals surface area contributed by atoms with Crippen molar-refractivity contribution < 1.29 is 19.4 Å². The van der Waals surface area contributed by atoms with Gasteiger partial charge in [0.2, 0.25) is 0 Å². The topological polar surface area (TPSA) is 83.9 Å². The molecule has 1 aliphatic rings. The van der Waals surface area contributed by atoms with E-state index in [1.807, 2.05) is 43.3 Å². The highest BCUT2D eigenvalue weighted by molar-refractivity contribution is 5.90. The third-order valence-electron chi connectivity index (χ3n) is 5.42. The predicted molar refractivity (Wildman–Crippen MR) is 115 cm³/mol. The molecule has 0 bridgehead atoms. The molecule has 0 saturated carbocycles. The predicted octanol–water partition coefficient (Wildman–Crippen LogP) is 3.81. The van der Waals surface area contributed by atoms with Crippen LogP contribution in [0.15, 0.2) is 54.6 Å². The Morgan fingerprint density at radius 1 is 1.20 bits per heavy atom. The van der Waals surface area contributed by atoms with E-state index in [-0.39, 0.29) is 18.7 Å². The number of pyridine rings is 1. The first-order valence-electron chi connectivity index (χ1n) is 9.96. The number of nitrogens with one attached hydrogen (secondary N) is 1. The lowest BCUT2D eigenvalue weighted by molar-refractivity contribution is 0.135. The monoisotopic (exact) mass is 407 g/mol. The normalized spacial score (nSPS) is 18.4. The molecule has 7 heteroatoms. The first-order valence-corrected chi connectivity index (χ1v) is 9.96. The number of benzene rings is 2. The lowest BCUT2D eigenvalue weighted by Gasteiger charge is -2.23. The number of rotatable bonds is 5. The number of hydrogen-bond donors (Lipinski definition) is 2. The fourth-order valence-corrected chi connectivity index (χ4v) is 3.61. The fraction of sp³-hybridized carbons (Fsp3) is 0.304. The zero-order chi connectivity index (χ0) is 21.1. The number of anilines is 1. The molecule has 0 unspecified atom stereocenters. The molecule has 1 saturated heterocycles. The van der Waals surface area contributed by atoms with Crippen molar-refractivity contribution in [2.75, 3.05) is 19.0 Å². The van der Waals surface area contributed by atoms with Gasteiger partial charge in [0.25, 0.3) is 0 Å². The minimum atomic E-state index is -0.486. The van der Waals surface area contributed by atoms with Gasteiger partial charge < -0.3 is 24.8 Å². The van der Waals surface area contributed by atoms with E-state index in [1.54, 1.807) is 30.2 Å². The number of likely N-dealkylation sites (tertiary alicyclic amines) is 1. The fourth-order valence-electron chi connectivity index (χ4n) is 3.61. The molecular formula is C23H25N3O4. The summed E-state index contributed by atoms with van der Waals surface area (Å²) in [4.78, 5) is 18.8. The first kappa shape index (κ1) is 20.0. The van der Waals surface area contributed by atoms with Crippen molar-refractivity contribution in [3.05, 3.63) is 60.3 Å². The molecule has 1 aliphatic heterocycles. The third kappa shape index (κ3) is 4.16. The maximum absolute atomic E-state index is 12.6. The van der Waals surface area contributed by atoms with Crippen molar-refractivity contribution in [3.8, 4) is 11.5 Å². The standard InChI is InChI=1S/C23H25N3O4/c1-15-20(27)11-12-26(15)23(28)25-17-9-10-21(29-2)22(13-17)30-14-18-8-7-16-5-3-4-6-19(16)24-18/h3-10,13,15,20,27H,11-12,14H2,1-2H3,(H,25,28)/t15-,20-/m1/s1. The highest BCUT2D eigenvalue weighted by Crippen LogP contribution is 2.31. The number of hydrogen-bond acceptors (Lipinski definition) is 5. The second-order valence-electron chi connectivity index (χ2n) is 7.37. The molecule has 2 aromatic carbocycles. The van der Waals surface area contributed by atoms with E-state index in [9.17, 15) is 9.90 Å². The number of urea groups is 1. The molecule has 0 spiro atoms. The number of para-hydroxylation sites is 1. The molecule has 2 amide bonds. The van der Waals surface area contributed by atoms with E-state index in [0.717, 1.165) is 16.6 Å². The van der Waals surface area contributed by atoms with Gasteiger partial charge in [0.15, 0.2) is 11.5 Å². The molecule has 0 aliphatic carbocycles. The Labute approximate surface area is 175 Å². The summed E-state index contributed by atoms with van der Waals surface area (Å²) in [6, 6.07) is 16.6. The Bertz CT molecular complexity index is 1060. The van der Waals surface area contributed by atoms with Gasteiger partial charge in [-0.15, -0.1) is 0 Å². The summed E-state index contributed by atoms with van der Waals surface area (Å²) < 4.78 is 11.3. The number of aliphatic hydroxyl groups is 1. The van der Waals surface area contributed by atoms with E-state index < -0.39 is 6.10 Å². The number of methoxy groups -OCH3 is 1. The van der Waals surface area contributed by atoms with Gasteiger partial charge >= 0.3 is 6.03 Å². The second kappa shape index (κ2) is 8.59. The van der Waals surface area contributed by atoms with E-state index >= 15 is 0 Å². The van der Waals surface area contributed by atoms with Gasteiger partial charge in [-0.2, -0.15) is 0 Å². The Morgan fingerprint density at radius 2 is 2.03 bits per heavy atom. The molecule has 4 rings (SSSR count). The van der Waals surface area contributed by atoms with Crippen molar-refractivity contribution in [1.82, 2.24) is 9.88 Å². The number of aromatic nitrogens is 1. The second-order valence-corrected chi connectivity index (χ2v) is 7.37. The van der Waals surface area contributed by atoms with Crippen molar-refractivity contribution in [2.45, 2.75) is 32.1 Å². The van der Waals surface area contributed by atoms with Crippen LogP contribution in [0.1, 0.15) is 19.0 Å². The molecule has 2 heterocycles. The van der Waals surface area contributed by atoms with Crippen LogP contribution in [0.5, 0.6) is 11.5 Å². The minimum absolute atomic E-state index is 0.210. The number of ether oxygens (including phenoxy) is 2. The van der Waals surface area contributed by atoms with Crippen molar-refractivity contribution in [1.29, 1.82) is 0 Å². The molecule has 1 fully saturated rings. The zero-order valence-electron chi connectivity index (χ0n) is 17.0. The number of fused-ring (bicyclic) bond motifs is 1. The molecule has 2 atom stereocenters. The maximum Gasteiger partial charge on any atom is 0.322 e.